The molecule has 0 saturated heterocycles. The lowest BCUT2D eigenvalue weighted by molar-refractivity contribution is -0.387. The van der Waals surface area contributed by atoms with Crippen LogP contribution in [0.25, 0.3) is 0 Å². The number of benzene rings is 1. The van der Waals surface area contributed by atoms with Crippen molar-refractivity contribution >= 4 is 21.4 Å². The number of hydrazine groups is 1. The molecule has 0 bridgehead atoms. The van der Waals surface area contributed by atoms with Crippen LogP contribution in [-0.4, -0.2) is 13.3 Å². The molecule has 0 fully saturated rings. The third-order valence-electron chi connectivity index (χ3n) is 1.63. The van der Waals surface area contributed by atoms with E-state index in [1.807, 2.05) is 0 Å². The van der Waals surface area contributed by atoms with E-state index in [9.17, 15) is 18.5 Å². The highest BCUT2D eigenvalue weighted by atomic mass is 32.2. The molecule has 15 heavy (non-hydrogen) atoms. The molecule has 0 amide bonds. The van der Waals surface area contributed by atoms with Gasteiger partial charge >= 0.3 is 0 Å². The summed E-state index contributed by atoms with van der Waals surface area (Å²) in [5.41, 5.74) is 1.79. The summed E-state index contributed by atoms with van der Waals surface area (Å²) < 4.78 is 22.1. The summed E-state index contributed by atoms with van der Waals surface area (Å²) in [5, 5.41) is 15.3. The Hall–Kier alpha value is -1.71. The number of hydrogen-bond acceptors (Lipinski definition) is 6. The molecule has 0 aromatic heterocycles. The highest BCUT2D eigenvalue weighted by Crippen LogP contribution is 2.25. The van der Waals surface area contributed by atoms with Crippen LogP contribution in [0, 0.1) is 10.1 Å². The second-order valence-electron chi connectivity index (χ2n) is 2.63. The lowest BCUT2D eigenvalue weighted by atomic mass is 10.3. The third-order valence-corrected chi connectivity index (χ3v) is 2.57. The Morgan fingerprint density at radius 3 is 2.40 bits per heavy atom. The normalized spacial score (nSPS) is 11.1. The molecular formula is C6H8N4O4S. The first-order valence-corrected chi connectivity index (χ1v) is 5.18. The molecule has 82 valence electrons. The van der Waals surface area contributed by atoms with E-state index in [0.717, 1.165) is 12.1 Å². The first kappa shape index (κ1) is 11.4. The first-order chi connectivity index (χ1) is 6.86. The SMILES string of the molecule is NNc1ccc([N+](=O)[O-])c(S(N)(=O)=O)c1. The van der Waals surface area contributed by atoms with Gasteiger partial charge in [-0.1, -0.05) is 0 Å². The Morgan fingerprint density at radius 1 is 1.40 bits per heavy atom. The zero-order chi connectivity index (χ0) is 11.6. The molecule has 0 atom stereocenters. The average Bonchev–Trinajstić information content (AvgIpc) is 2.15. The molecule has 8 nitrogen and oxygen atoms in total. The highest BCUT2D eigenvalue weighted by molar-refractivity contribution is 7.89. The molecule has 0 radical (unpaired) electrons. The summed E-state index contributed by atoms with van der Waals surface area (Å²) in [4.78, 5) is 9.09. The number of rotatable bonds is 3. The van der Waals surface area contributed by atoms with Crippen LogP contribution in [0.3, 0.4) is 0 Å². The zero-order valence-electron chi connectivity index (χ0n) is 7.38. The van der Waals surface area contributed by atoms with Gasteiger partial charge in [0.05, 0.1) is 10.6 Å². The monoisotopic (exact) mass is 232 g/mol. The number of primary sulfonamides is 1. The number of nitrogens with one attached hydrogen (secondary N) is 1. The van der Waals surface area contributed by atoms with Crippen molar-refractivity contribution < 1.29 is 13.3 Å². The number of nitrogens with zero attached hydrogens (tertiary/aromatic N) is 1. The molecule has 5 N–H and O–H groups in total. The van der Waals surface area contributed by atoms with Gasteiger partial charge in [-0.2, -0.15) is 0 Å². The Kier molecular flexibility index (Phi) is 2.88. The van der Waals surface area contributed by atoms with Gasteiger partial charge in [0.2, 0.25) is 10.0 Å². The number of nitrogens with two attached hydrogens (primary N) is 2. The largest absolute Gasteiger partial charge is 0.324 e. The summed E-state index contributed by atoms with van der Waals surface area (Å²) in [6.45, 7) is 0. The van der Waals surface area contributed by atoms with Crippen LogP contribution in [0.2, 0.25) is 0 Å². The van der Waals surface area contributed by atoms with E-state index in [4.69, 9.17) is 11.0 Å². The molecule has 0 aliphatic carbocycles. The number of nitro benzene ring substituents is 1. The van der Waals surface area contributed by atoms with Crippen molar-refractivity contribution in [2.45, 2.75) is 4.90 Å². The van der Waals surface area contributed by atoms with Crippen LogP contribution < -0.4 is 16.4 Å². The topological polar surface area (TPSA) is 141 Å². The Bertz CT molecular complexity index is 498. The molecule has 0 heterocycles. The van der Waals surface area contributed by atoms with Crippen molar-refractivity contribution in [3.63, 3.8) is 0 Å². The summed E-state index contributed by atoms with van der Waals surface area (Å²) in [5.74, 6) is 5.03. The summed E-state index contributed by atoms with van der Waals surface area (Å²) >= 11 is 0. The van der Waals surface area contributed by atoms with Crippen molar-refractivity contribution in [3.8, 4) is 0 Å². The molecule has 0 saturated carbocycles. The standard InChI is InChI=1S/C6H8N4O4S/c7-9-4-1-2-5(10(11)12)6(3-4)15(8,13)14/h1-3,9H,7H2,(H2,8,13,14). The second-order valence-corrected chi connectivity index (χ2v) is 4.16. The van der Waals surface area contributed by atoms with Crippen molar-refractivity contribution in [2.24, 2.45) is 11.0 Å². The van der Waals surface area contributed by atoms with Crippen molar-refractivity contribution in [1.29, 1.82) is 0 Å². The Labute approximate surface area is 85.0 Å². The fraction of sp³-hybridized carbons (Fsp3) is 0. The van der Waals surface area contributed by atoms with Gasteiger partial charge in [0.1, 0.15) is 0 Å². The number of sulfonamides is 1. The van der Waals surface area contributed by atoms with Gasteiger partial charge in [0.25, 0.3) is 5.69 Å². The molecule has 9 heteroatoms. The fourth-order valence-electron chi connectivity index (χ4n) is 0.983. The molecule has 1 aromatic carbocycles. The third kappa shape index (κ3) is 2.40. The van der Waals surface area contributed by atoms with Gasteiger partial charge in [-0.25, -0.2) is 13.6 Å². The predicted molar refractivity (Wildman–Crippen MR) is 52.3 cm³/mol. The number of anilines is 1. The maximum atomic E-state index is 11.0. The number of hydrogen-bond donors (Lipinski definition) is 3. The van der Waals surface area contributed by atoms with Crippen LogP contribution in [0.1, 0.15) is 0 Å². The fourth-order valence-corrected chi connectivity index (χ4v) is 1.71. The van der Waals surface area contributed by atoms with E-state index in [1.165, 1.54) is 6.07 Å². The summed E-state index contributed by atoms with van der Waals surface area (Å²) in [6, 6.07) is 3.27. The number of nitrogen functional groups attached to an aromatic ring is 1. The molecular weight excluding hydrogens is 224 g/mol. The van der Waals surface area contributed by atoms with E-state index in [1.54, 1.807) is 0 Å². The lowest BCUT2D eigenvalue weighted by Gasteiger charge is -2.03. The van der Waals surface area contributed by atoms with Gasteiger partial charge in [0, 0.05) is 6.07 Å². The molecule has 0 unspecified atom stereocenters. The maximum absolute atomic E-state index is 11.0. The van der Waals surface area contributed by atoms with Crippen molar-refractivity contribution in [1.82, 2.24) is 0 Å². The zero-order valence-corrected chi connectivity index (χ0v) is 8.19. The van der Waals surface area contributed by atoms with Crippen LogP contribution in [0.4, 0.5) is 11.4 Å². The average molecular weight is 232 g/mol. The van der Waals surface area contributed by atoms with Crippen molar-refractivity contribution in [3.05, 3.63) is 28.3 Å². The maximum Gasteiger partial charge on any atom is 0.289 e. The van der Waals surface area contributed by atoms with Gasteiger partial charge in [-0.05, 0) is 12.1 Å². The van der Waals surface area contributed by atoms with Gasteiger partial charge in [-0.3, -0.25) is 16.0 Å². The van der Waals surface area contributed by atoms with Gasteiger partial charge in [-0.15, -0.1) is 0 Å². The van der Waals surface area contributed by atoms with Crippen molar-refractivity contribution in [2.75, 3.05) is 5.43 Å². The van der Waals surface area contributed by atoms with E-state index in [0.29, 0.717) is 0 Å². The second kappa shape index (κ2) is 3.81. The van der Waals surface area contributed by atoms with Crippen LogP contribution in [0.5, 0.6) is 0 Å². The molecule has 0 aliphatic rings. The van der Waals surface area contributed by atoms with Gasteiger partial charge < -0.3 is 5.43 Å². The van der Waals surface area contributed by atoms with Gasteiger partial charge in [0.15, 0.2) is 4.90 Å². The van der Waals surface area contributed by atoms with E-state index in [-0.39, 0.29) is 5.69 Å². The molecule has 0 spiro atoms. The van der Waals surface area contributed by atoms with Crippen LogP contribution >= 0.6 is 0 Å². The molecule has 1 rings (SSSR count). The minimum absolute atomic E-state index is 0.213. The smallest absolute Gasteiger partial charge is 0.289 e. The minimum Gasteiger partial charge on any atom is -0.324 e. The Morgan fingerprint density at radius 2 is 2.00 bits per heavy atom. The minimum atomic E-state index is -4.15. The summed E-state index contributed by atoms with van der Waals surface area (Å²) in [7, 11) is -4.15. The number of nitro groups is 1. The van der Waals surface area contributed by atoms with E-state index >= 15 is 0 Å². The van der Waals surface area contributed by atoms with Crippen LogP contribution in [-0.2, 0) is 10.0 Å². The quantitative estimate of drug-likeness (QED) is 0.365. The summed E-state index contributed by atoms with van der Waals surface area (Å²) in [6.07, 6.45) is 0. The molecule has 1 aromatic rings. The lowest BCUT2D eigenvalue weighted by Crippen LogP contribution is -2.15. The predicted octanol–water partition coefficient (Wildman–Crippen LogP) is -0.472. The Balaban J connectivity index is 3.50. The van der Waals surface area contributed by atoms with Crippen LogP contribution in [0.15, 0.2) is 23.1 Å². The first-order valence-electron chi connectivity index (χ1n) is 3.64. The highest BCUT2D eigenvalue weighted by Gasteiger charge is 2.22. The van der Waals surface area contributed by atoms with E-state index < -0.39 is 25.5 Å². The molecule has 0 aliphatic heterocycles. The van der Waals surface area contributed by atoms with E-state index in [2.05, 4.69) is 5.43 Å².